The maximum atomic E-state index is 6.16. The molecule has 6 nitrogen and oxygen atoms in total. The lowest BCUT2D eigenvalue weighted by Gasteiger charge is -2.33. The van der Waals surface area contributed by atoms with Crippen molar-refractivity contribution in [1.29, 1.82) is 0 Å². The van der Waals surface area contributed by atoms with Gasteiger partial charge in [-0.05, 0) is 58.1 Å². The van der Waals surface area contributed by atoms with Crippen LogP contribution in [-0.2, 0) is 18.2 Å². The summed E-state index contributed by atoms with van der Waals surface area (Å²) in [5.41, 5.74) is 6.19. The summed E-state index contributed by atoms with van der Waals surface area (Å²) in [5.74, 6) is 1.27. The van der Waals surface area contributed by atoms with Gasteiger partial charge in [-0.3, -0.25) is 9.67 Å². The molecule has 0 spiro atoms. The van der Waals surface area contributed by atoms with Crippen LogP contribution in [0.4, 0.5) is 0 Å². The van der Waals surface area contributed by atoms with E-state index in [2.05, 4.69) is 72.7 Å². The van der Waals surface area contributed by atoms with E-state index in [1.54, 1.807) is 0 Å². The second-order valence-electron chi connectivity index (χ2n) is 8.58. The van der Waals surface area contributed by atoms with Crippen LogP contribution in [0.2, 0.25) is 0 Å². The summed E-state index contributed by atoms with van der Waals surface area (Å²) < 4.78 is 8.12. The largest absolute Gasteiger partial charge is 0.373 e. The molecule has 0 bridgehead atoms. The van der Waals surface area contributed by atoms with Crippen molar-refractivity contribution in [1.82, 2.24) is 20.4 Å². The van der Waals surface area contributed by atoms with Gasteiger partial charge in [-0.2, -0.15) is 5.10 Å². The quantitative estimate of drug-likeness (QED) is 0.328. The van der Waals surface area contributed by atoms with Gasteiger partial charge in [0, 0.05) is 44.9 Å². The topological polar surface area (TPSA) is 63.5 Å². The highest BCUT2D eigenvalue weighted by Gasteiger charge is 2.27. The molecule has 1 aromatic heterocycles. The van der Waals surface area contributed by atoms with Gasteiger partial charge in [-0.25, -0.2) is 0 Å². The van der Waals surface area contributed by atoms with Crippen LogP contribution in [0.25, 0.3) is 0 Å². The third kappa shape index (κ3) is 6.68. The van der Waals surface area contributed by atoms with Crippen LogP contribution >= 0.6 is 24.0 Å². The van der Waals surface area contributed by atoms with Crippen LogP contribution in [-0.4, -0.2) is 42.0 Å². The molecule has 1 aliphatic rings. The predicted molar refractivity (Wildman–Crippen MR) is 138 cm³/mol. The average molecular weight is 540 g/mol. The van der Waals surface area contributed by atoms with E-state index in [4.69, 9.17) is 4.74 Å². The van der Waals surface area contributed by atoms with Gasteiger partial charge in [0.1, 0.15) is 0 Å². The van der Waals surface area contributed by atoms with Crippen LogP contribution in [0.5, 0.6) is 0 Å². The third-order valence-electron chi connectivity index (χ3n) is 6.16. The molecule has 2 aromatic rings. The minimum absolute atomic E-state index is 0. The van der Waals surface area contributed by atoms with Gasteiger partial charge in [0.25, 0.3) is 0 Å². The highest BCUT2D eigenvalue weighted by atomic mass is 127. The number of hydrogen-bond acceptors (Lipinski definition) is 3. The Kier molecular flexibility index (Phi) is 9.81. The molecular weight excluding hydrogens is 501 g/mol. The summed E-state index contributed by atoms with van der Waals surface area (Å²) in [6.07, 6.45) is 3.33. The molecule has 2 N–H and O–H groups in total. The fourth-order valence-electron chi connectivity index (χ4n) is 4.30. The Bertz CT molecular complexity index is 862. The van der Waals surface area contributed by atoms with Crippen LogP contribution in [0.3, 0.4) is 0 Å². The monoisotopic (exact) mass is 539 g/mol. The summed E-state index contributed by atoms with van der Waals surface area (Å²) in [7, 11) is 3.83. The van der Waals surface area contributed by atoms with E-state index in [1.165, 1.54) is 22.4 Å². The van der Waals surface area contributed by atoms with Crippen molar-refractivity contribution in [3.8, 4) is 0 Å². The molecule has 1 saturated heterocycles. The van der Waals surface area contributed by atoms with Gasteiger partial charge in [0.2, 0.25) is 0 Å². The van der Waals surface area contributed by atoms with Gasteiger partial charge < -0.3 is 15.4 Å². The first kappa shape index (κ1) is 25.6. The molecule has 172 valence electrons. The predicted octanol–water partition coefficient (Wildman–Crippen LogP) is 4.23. The maximum absolute atomic E-state index is 6.16. The second-order valence-corrected chi connectivity index (χ2v) is 8.58. The van der Waals surface area contributed by atoms with Crippen molar-refractivity contribution in [2.45, 2.75) is 59.1 Å². The SMILES string of the molecule is CN=C(NCC1CCCOC1c1ccc(C)cc1)NC(C)Cc1c(C)nn(C)c1C.I. The number of nitrogens with one attached hydrogen (secondary N) is 2. The van der Waals surface area contributed by atoms with E-state index < -0.39 is 0 Å². The van der Waals surface area contributed by atoms with Gasteiger partial charge in [-0.1, -0.05) is 29.8 Å². The van der Waals surface area contributed by atoms with Gasteiger partial charge in [0.15, 0.2) is 5.96 Å². The number of hydrogen-bond donors (Lipinski definition) is 2. The minimum atomic E-state index is 0. The number of guanidine groups is 1. The Balaban J connectivity index is 0.00000341. The van der Waals surface area contributed by atoms with Crippen LogP contribution in [0.15, 0.2) is 29.3 Å². The average Bonchev–Trinajstić information content (AvgIpc) is 2.98. The minimum Gasteiger partial charge on any atom is -0.373 e. The maximum Gasteiger partial charge on any atom is 0.191 e. The van der Waals surface area contributed by atoms with Crippen molar-refractivity contribution in [3.05, 3.63) is 52.3 Å². The molecular formula is C24H38IN5O. The van der Waals surface area contributed by atoms with Crippen molar-refractivity contribution in [2.24, 2.45) is 18.0 Å². The number of nitrogens with zero attached hydrogens (tertiary/aromatic N) is 3. The summed E-state index contributed by atoms with van der Waals surface area (Å²) in [6, 6.07) is 9.00. The summed E-state index contributed by atoms with van der Waals surface area (Å²) in [5, 5.41) is 11.6. The summed E-state index contributed by atoms with van der Waals surface area (Å²) in [6.45, 7) is 10.2. The van der Waals surface area contributed by atoms with E-state index >= 15 is 0 Å². The number of ether oxygens (including phenoxy) is 1. The second kappa shape index (κ2) is 11.9. The summed E-state index contributed by atoms with van der Waals surface area (Å²) in [4.78, 5) is 4.45. The van der Waals surface area contributed by atoms with Gasteiger partial charge in [-0.15, -0.1) is 24.0 Å². The zero-order valence-corrected chi connectivity index (χ0v) is 22.1. The van der Waals surface area contributed by atoms with E-state index in [-0.39, 0.29) is 36.1 Å². The molecule has 0 aliphatic carbocycles. The zero-order valence-electron chi connectivity index (χ0n) is 19.7. The Morgan fingerprint density at radius 2 is 1.97 bits per heavy atom. The molecule has 3 unspecified atom stereocenters. The van der Waals surface area contributed by atoms with Crippen LogP contribution in [0.1, 0.15) is 53.9 Å². The molecule has 3 atom stereocenters. The highest BCUT2D eigenvalue weighted by Crippen LogP contribution is 2.33. The normalized spacial score (nSPS) is 20.1. The number of halogens is 1. The Hall–Kier alpha value is -1.61. The molecule has 1 aliphatic heterocycles. The van der Waals surface area contributed by atoms with Crippen molar-refractivity contribution in [2.75, 3.05) is 20.2 Å². The fourth-order valence-corrected chi connectivity index (χ4v) is 4.30. The standard InChI is InChI=1S/C24H37N5O.HI/c1-16-9-11-20(12-10-16)23-21(8-7-13-30-23)15-26-24(25-5)27-17(2)14-22-18(3)28-29(6)19(22)4;/h9-12,17,21,23H,7-8,13-15H2,1-6H3,(H2,25,26,27);1H. The molecule has 0 radical (unpaired) electrons. The molecule has 7 heteroatoms. The Morgan fingerprint density at radius 1 is 1.26 bits per heavy atom. The van der Waals surface area contributed by atoms with Gasteiger partial charge in [0.05, 0.1) is 11.8 Å². The van der Waals surface area contributed by atoms with E-state index in [9.17, 15) is 0 Å². The molecule has 1 aromatic carbocycles. The number of aromatic nitrogens is 2. The van der Waals surface area contributed by atoms with Crippen LogP contribution in [0, 0.1) is 26.7 Å². The zero-order chi connectivity index (χ0) is 21.7. The number of aryl methyl sites for hydroxylation is 3. The van der Waals surface area contributed by atoms with E-state index in [0.29, 0.717) is 5.92 Å². The molecule has 2 heterocycles. The lowest BCUT2D eigenvalue weighted by atomic mass is 9.89. The van der Waals surface area contributed by atoms with Gasteiger partial charge >= 0.3 is 0 Å². The lowest BCUT2D eigenvalue weighted by molar-refractivity contribution is -0.0265. The smallest absolute Gasteiger partial charge is 0.191 e. The van der Waals surface area contributed by atoms with Crippen molar-refractivity contribution in [3.63, 3.8) is 0 Å². The highest BCUT2D eigenvalue weighted by molar-refractivity contribution is 14.0. The molecule has 31 heavy (non-hydrogen) atoms. The first-order chi connectivity index (χ1) is 14.4. The summed E-state index contributed by atoms with van der Waals surface area (Å²) >= 11 is 0. The van der Waals surface area contributed by atoms with Crippen molar-refractivity contribution < 1.29 is 4.74 Å². The molecule has 3 rings (SSSR count). The Morgan fingerprint density at radius 3 is 2.58 bits per heavy atom. The third-order valence-corrected chi connectivity index (χ3v) is 6.16. The van der Waals surface area contributed by atoms with Crippen LogP contribution < -0.4 is 10.6 Å². The van der Waals surface area contributed by atoms with E-state index in [0.717, 1.165) is 44.1 Å². The number of benzene rings is 1. The molecule has 1 fully saturated rings. The lowest BCUT2D eigenvalue weighted by Crippen LogP contribution is -2.45. The fraction of sp³-hybridized carbons (Fsp3) is 0.583. The molecule has 0 saturated carbocycles. The van der Waals surface area contributed by atoms with Crippen molar-refractivity contribution >= 4 is 29.9 Å². The molecule has 0 amide bonds. The van der Waals surface area contributed by atoms with E-state index in [1.807, 2.05) is 18.8 Å². The first-order valence-corrected chi connectivity index (χ1v) is 11.0. The number of aliphatic imine (C=N–C) groups is 1. The Labute approximate surface area is 204 Å². The first-order valence-electron chi connectivity index (χ1n) is 11.0. The number of rotatable bonds is 6.